The molecule has 1 unspecified atom stereocenters. The highest BCUT2D eigenvalue weighted by atomic mass is 32.1. The lowest BCUT2D eigenvalue weighted by Crippen LogP contribution is -2.55. The largest absolute Gasteiger partial charge is 0.491 e. The Bertz CT molecular complexity index is 3440. The monoisotopic (exact) mass is 1240 g/mol. The third-order valence-electron chi connectivity index (χ3n) is 16.6. The Balaban J connectivity index is 0.670. The fraction of sp³-hybridized carbons (Fsp3) is 0.471. The van der Waals surface area contributed by atoms with Gasteiger partial charge in [-0.2, -0.15) is 0 Å². The van der Waals surface area contributed by atoms with Gasteiger partial charge in [0.2, 0.25) is 11.8 Å². The van der Waals surface area contributed by atoms with Crippen LogP contribution in [0.5, 0.6) is 11.5 Å². The van der Waals surface area contributed by atoms with Crippen LogP contribution in [0.3, 0.4) is 0 Å². The van der Waals surface area contributed by atoms with Gasteiger partial charge in [0.15, 0.2) is 0 Å². The summed E-state index contributed by atoms with van der Waals surface area (Å²) in [6.45, 7) is 19.8. The summed E-state index contributed by atoms with van der Waals surface area (Å²) >= 11 is 1.52. The molecule has 89 heavy (non-hydrogen) atoms. The van der Waals surface area contributed by atoms with Crippen molar-refractivity contribution >= 4 is 40.7 Å². The number of nitrogens with one attached hydrogen (secondary N) is 3. The van der Waals surface area contributed by atoms with Crippen molar-refractivity contribution in [2.45, 2.75) is 112 Å². The van der Waals surface area contributed by atoms with Gasteiger partial charge in [-0.25, -0.2) is 4.98 Å². The lowest BCUT2D eigenvalue weighted by atomic mass is 9.95. The van der Waals surface area contributed by atoms with E-state index in [1.165, 1.54) is 16.2 Å². The third kappa shape index (κ3) is 16.9. The molecule has 21 heteroatoms. The molecule has 0 spiro atoms. The van der Waals surface area contributed by atoms with E-state index in [1.54, 1.807) is 22.5 Å². The van der Waals surface area contributed by atoms with Gasteiger partial charge < -0.3 is 68.6 Å². The molecule has 9 rings (SSSR count). The first-order chi connectivity index (χ1) is 43.1. The molecule has 4 amide bonds. The smallest absolute Gasteiger partial charge is 0.255 e. The second-order valence-electron chi connectivity index (χ2n) is 23.1. The number of ether oxygens (including phenoxy) is 7. The molecular formula is C68H85N7O13S. The Morgan fingerprint density at radius 3 is 2.09 bits per heavy atom. The summed E-state index contributed by atoms with van der Waals surface area (Å²) in [4.78, 5) is 82.1. The van der Waals surface area contributed by atoms with Crippen molar-refractivity contribution in [3.8, 4) is 33.1 Å². The number of pyridine rings is 1. The molecule has 3 aliphatic heterocycles. The number of likely N-dealkylation sites (tertiary alicyclic amines) is 1. The topological polar surface area (TPSA) is 233 Å². The summed E-state index contributed by atoms with van der Waals surface area (Å²) < 4.78 is 41.0. The van der Waals surface area contributed by atoms with Gasteiger partial charge in [-0.3, -0.25) is 24.0 Å². The van der Waals surface area contributed by atoms with E-state index >= 15 is 0 Å². The Morgan fingerprint density at radius 1 is 0.787 bits per heavy atom. The molecule has 2 saturated heterocycles. The van der Waals surface area contributed by atoms with Crippen molar-refractivity contribution in [2.75, 3.05) is 97.3 Å². The first kappa shape index (κ1) is 65.9. The number of β-amino-alcohol motifs (C(OH)–C–C–N with tert-alkyl or cyclic N) is 1. The Morgan fingerprint density at radius 2 is 1.45 bits per heavy atom. The van der Waals surface area contributed by atoms with E-state index in [0.29, 0.717) is 101 Å². The van der Waals surface area contributed by atoms with Crippen LogP contribution >= 0.6 is 11.3 Å². The lowest BCUT2D eigenvalue weighted by molar-refractivity contribution is -0.143. The standard InChI is InChI=1S/C68H85N7O13S/c1-8-73(53-19-21-82-22-20-53)59-35-52(34-57(46(59)6)64(77)70-39-58-44(4)33-45(5)72-65(58)78)48-15-17-55(18-16-48)87-31-29-85-27-25-83-23-24-84-26-28-86-30-32-88-61-36-49(63-47(7)71-42-89-63)13-14-50(61)38-69-66(79)60-37-54(76)41-74(60)68(81)62(43(2)3)75-40-51-11-9-10-12-56(51)67(75)80/h9-18,33-36,42-43,53-54,60,62,76H,8,19-32,37-41H2,1-7H3,(H,69,79)(H,70,77)(H,72,78)/t54-,60?,62+/m1/s1. The number of benzene rings is 4. The number of thiazole rings is 1. The SMILES string of the molecule is CCN(c1cc(-c2ccc(OCCOCCOCCOCCOCCOc3cc(-c4scnc4C)ccc3CNC(=O)C3C[C@@H](O)CN3C(=O)[C@H](C(C)C)N3Cc4ccccc4C3=O)cc2)cc(C(=O)NCc2c(C)cc(C)[nH]c2=O)c1C)C1CCOCC1. The van der Waals surface area contributed by atoms with Gasteiger partial charge >= 0.3 is 0 Å². The first-order valence-corrected chi connectivity index (χ1v) is 31.8. The Hall–Kier alpha value is -7.50. The van der Waals surface area contributed by atoms with E-state index in [0.717, 1.165) is 80.3 Å². The molecule has 3 aliphatic rings. The second-order valence-corrected chi connectivity index (χ2v) is 23.9. The fourth-order valence-corrected chi connectivity index (χ4v) is 12.7. The maximum atomic E-state index is 14.3. The highest BCUT2D eigenvalue weighted by molar-refractivity contribution is 7.13. The zero-order valence-electron chi connectivity index (χ0n) is 52.2. The Kier molecular flexibility index (Phi) is 23.6. The normalized spacial score (nSPS) is 16.2. The molecule has 0 bridgehead atoms. The van der Waals surface area contributed by atoms with E-state index < -0.39 is 24.1 Å². The number of rotatable bonds is 31. The molecule has 2 fully saturated rings. The molecule has 4 aromatic carbocycles. The number of carbonyl (C=O) groups is 4. The molecule has 4 N–H and O–H groups in total. The molecular weight excluding hydrogens is 1150 g/mol. The number of aromatic nitrogens is 2. The quantitative estimate of drug-likeness (QED) is 0.0301. The molecule has 5 heterocycles. The number of hydrogen-bond donors (Lipinski definition) is 4. The van der Waals surface area contributed by atoms with Crippen LogP contribution in [0.25, 0.3) is 21.6 Å². The van der Waals surface area contributed by atoms with Gasteiger partial charge in [0, 0.05) is 92.0 Å². The Labute approximate surface area is 525 Å². The van der Waals surface area contributed by atoms with Crippen LogP contribution in [0.4, 0.5) is 5.69 Å². The maximum Gasteiger partial charge on any atom is 0.255 e. The molecule has 6 aromatic rings. The maximum absolute atomic E-state index is 14.3. The summed E-state index contributed by atoms with van der Waals surface area (Å²) in [6.07, 6.45) is 0.994. The minimum absolute atomic E-state index is 0.00933. The van der Waals surface area contributed by atoms with Crippen molar-refractivity contribution in [3.05, 3.63) is 151 Å². The summed E-state index contributed by atoms with van der Waals surface area (Å²) in [7, 11) is 0. The summed E-state index contributed by atoms with van der Waals surface area (Å²) in [6, 6.07) is 25.5. The van der Waals surface area contributed by atoms with Gasteiger partial charge in [-0.1, -0.05) is 56.3 Å². The number of H-pyrrole nitrogens is 1. The van der Waals surface area contributed by atoms with E-state index in [4.69, 9.17) is 33.2 Å². The molecule has 3 atom stereocenters. The zero-order valence-corrected chi connectivity index (χ0v) is 53.0. The number of anilines is 1. The van der Waals surface area contributed by atoms with Crippen molar-refractivity contribution in [1.82, 2.24) is 30.4 Å². The minimum atomic E-state index is -0.922. The second kappa shape index (κ2) is 31.8. The van der Waals surface area contributed by atoms with Gasteiger partial charge in [0.25, 0.3) is 17.4 Å². The van der Waals surface area contributed by atoms with Crippen molar-refractivity contribution < 1.29 is 57.4 Å². The third-order valence-corrected chi connectivity index (χ3v) is 17.6. The predicted molar refractivity (Wildman–Crippen MR) is 341 cm³/mol. The molecule has 0 saturated carbocycles. The van der Waals surface area contributed by atoms with Gasteiger partial charge in [-0.05, 0) is 129 Å². The van der Waals surface area contributed by atoms with Crippen LogP contribution in [-0.2, 0) is 52.9 Å². The van der Waals surface area contributed by atoms with Gasteiger partial charge in [0.1, 0.15) is 36.8 Å². The minimum Gasteiger partial charge on any atom is -0.491 e. The van der Waals surface area contributed by atoms with Crippen LogP contribution in [0.15, 0.2) is 95.2 Å². The van der Waals surface area contributed by atoms with E-state index in [2.05, 4.69) is 38.5 Å². The van der Waals surface area contributed by atoms with Crippen molar-refractivity contribution in [3.63, 3.8) is 0 Å². The molecule has 0 radical (unpaired) electrons. The molecule has 0 aliphatic carbocycles. The van der Waals surface area contributed by atoms with Gasteiger partial charge in [-0.15, -0.1) is 11.3 Å². The molecule has 2 aromatic heterocycles. The average Bonchev–Trinajstić information content (AvgIpc) is 1.82. The predicted octanol–water partition coefficient (Wildman–Crippen LogP) is 8.12. The van der Waals surface area contributed by atoms with E-state index in [-0.39, 0.29) is 74.5 Å². The number of carbonyl (C=O) groups excluding carboxylic acids is 4. The number of aliphatic hydroxyl groups is 1. The number of hydrogen-bond acceptors (Lipinski definition) is 16. The number of aliphatic hydroxyl groups excluding tert-OH is 1. The number of nitrogens with zero attached hydrogens (tertiary/aromatic N) is 4. The molecule has 20 nitrogen and oxygen atoms in total. The van der Waals surface area contributed by atoms with Crippen LogP contribution in [-0.4, -0.2) is 165 Å². The summed E-state index contributed by atoms with van der Waals surface area (Å²) in [5, 5.41) is 16.8. The lowest BCUT2D eigenvalue weighted by Gasteiger charge is -2.37. The van der Waals surface area contributed by atoms with Crippen molar-refractivity contribution in [2.24, 2.45) is 5.92 Å². The number of fused-ring (bicyclic) bond motifs is 1. The summed E-state index contributed by atoms with van der Waals surface area (Å²) in [5.74, 6) is -0.214. The van der Waals surface area contributed by atoms with Crippen LogP contribution in [0.1, 0.15) is 100.0 Å². The number of aromatic amines is 1. The molecule has 476 valence electrons. The van der Waals surface area contributed by atoms with E-state index in [9.17, 15) is 29.1 Å². The first-order valence-electron chi connectivity index (χ1n) is 30.9. The average molecular weight is 1240 g/mol. The number of amides is 4. The zero-order chi connectivity index (χ0) is 63.0. The van der Waals surface area contributed by atoms with Crippen LogP contribution in [0, 0.1) is 33.6 Å². The van der Waals surface area contributed by atoms with Crippen LogP contribution in [0.2, 0.25) is 0 Å². The van der Waals surface area contributed by atoms with E-state index in [1.807, 2.05) is 108 Å². The highest BCUT2D eigenvalue weighted by Crippen LogP contribution is 2.36. The highest BCUT2D eigenvalue weighted by Gasteiger charge is 2.46. The van der Waals surface area contributed by atoms with Crippen molar-refractivity contribution in [1.29, 1.82) is 0 Å². The fourth-order valence-electron chi connectivity index (χ4n) is 11.9. The van der Waals surface area contributed by atoms with Gasteiger partial charge in [0.05, 0.1) is 75.0 Å². The number of aryl methyl sites for hydroxylation is 3. The van der Waals surface area contributed by atoms with Crippen LogP contribution < -0.4 is 30.6 Å². The summed E-state index contributed by atoms with van der Waals surface area (Å²) in [5.41, 5.74) is 12.0.